The van der Waals surface area contributed by atoms with Gasteiger partial charge in [-0.05, 0) is 104 Å². The smallest absolute Gasteiger partial charge is 0.181 e. The number of para-hydroxylation sites is 2. The van der Waals surface area contributed by atoms with Crippen LogP contribution in [0.2, 0.25) is 0 Å². The van der Waals surface area contributed by atoms with Crippen LogP contribution in [0.1, 0.15) is 33.4 Å². The third-order valence-electron chi connectivity index (χ3n) is 14.5. The van der Waals surface area contributed by atoms with E-state index in [0.29, 0.717) is 0 Å². The molecule has 2 nitrogen and oxygen atoms in total. The number of hydrogen-bond acceptors (Lipinski definition) is 1. The Morgan fingerprint density at radius 2 is 0.817 bits per heavy atom. The van der Waals surface area contributed by atoms with Crippen LogP contribution in [-0.2, 0) is 5.41 Å². The molecule has 2 spiro atoms. The van der Waals surface area contributed by atoms with E-state index in [2.05, 4.69) is 217 Å². The topological polar surface area (TPSA) is 7.65 Å². The Hall–Kier alpha value is -7.20. The van der Waals surface area contributed by atoms with E-state index in [9.17, 15) is 0 Å². The number of anilines is 3. The van der Waals surface area contributed by atoms with Crippen LogP contribution in [-0.4, -0.2) is 12.5 Å². The maximum atomic E-state index is 2.59. The largest absolute Gasteiger partial charge is 0.310 e. The monoisotopic (exact) mass is 778 g/mol. The summed E-state index contributed by atoms with van der Waals surface area (Å²) in [5, 5.41) is 11.1. The highest BCUT2D eigenvalue weighted by atomic mass is 28.3. The van der Waals surface area contributed by atoms with E-state index in [1.807, 2.05) is 0 Å². The van der Waals surface area contributed by atoms with Crippen molar-refractivity contribution in [1.29, 1.82) is 0 Å². The summed E-state index contributed by atoms with van der Waals surface area (Å²) in [5.74, 6) is 0. The van der Waals surface area contributed by atoms with Crippen molar-refractivity contribution in [3.63, 3.8) is 0 Å². The Morgan fingerprint density at radius 3 is 1.33 bits per heavy atom. The second kappa shape index (κ2) is 11.3. The molecule has 0 N–H and O–H groups in total. The maximum absolute atomic E-state index is 2.77. The first-order valence-corrected chi connectivity index (χ1v) is 23.2. The summed E-state index contributed by atoms with van der Waals surface area (Å²) in [5.41, 5.74) is 17.7. The highest BCUT2D eigenvalue weighted by Gasteiger charge is 2.60. The summed E-state index contributed by atoms with van der Waals surface area (Å²) in [6.07, 6.45) is 0. The first kappa shape index (κ1) is 32.7. The number of hydrogen-bond donors (Lipinski definition) is 0. The molecule has 0 fully saturated rings. The summed E-state index contributed by atoms with van der Waals surface area (Å²) in [6.45, 7) is 4.53. The van der Waals surface area contributed by atoms with Gasteiger partial charge in [0.05, 0.1) is 33.3 Å². The first-order chi connectivity index (χ1) is 29.6. The van der Waals surface area contributed by atoms with E-state index in [1.54, 1.807) is 0 Å². The first-order valence-electron chi connectivity index (χ1n) is 21.2. The van der Waals surface area contributed by atoms with Gasteiger partial charge in [0.25, 0.3) is 0 Å². The molecule has 0 bridgehead atoms. The molecule has 280 valence electrons. The van der Waals surface area contributed by atoms with E-state index >= 15 is 0 Å². The molecule has 5 heterocycles. The van der Waals surface area contributed by atoms with Crippen molar-refractivity contribution in [2.75, 3.05) is 4.90 Å². The highest BCUT2D eigenvalue weighted by Crippen LogP contribution is 2.59. The van der Waals surface area contributed by atoms with Crippen LogP contribution < -0.4 is 25.6 Å². The predicted molar refractivity (Wildman–Crippen MR) is 253 cm³/mol. The summed E-state index contributed by atoms with van der Waals surface area (Å²) in [7, 11) is -2.77. The second-order valence-electron chi connectivity index (χ2n) is 17.3. The minimum absolute atomic E-state index is 0.569. The van der Waals surface area contributed by atoms with Gasteiger partial charge in [-0.25, -0.2) is 0 Å². The summed E-state index contributed by atoms with van der Waals surface area (Å²) in [6, 6.07) is 75.0. The van der Waals surface area contributed by atoms with E-state index in [1.165, 1.54) is 120 Å². The van der Waals surface area contributed by atoms with Gasteiger partial charge in [0.15, 0.2) is 8.07 Å². The molecule has 2 aromatic heterocycles. The maximum Gasteiger partial charge on any atom is 0.181 e. The molecule has 3 aliphatic heterocycles. The highest BCUT2D eigenvalue weighted by molar-refractivity contribution is 7.22. The standard InChI is InChI=1S/C57H38N2Si/c1-35-27-29-50-46(31-35)57(44-19-7-13-25-54(44)60(55-26-14-8-20-45(55)57)52-23-11-5-17-40(52)41-18-6-12-24-53(41)60)47-32-36(2)28-30-51(47)58(50)37-33-42-38-15-3-9-21-48(38)59-49-22-10-4-16-39(49)43(34-37)56(42)59/h3-34H,1-2H3. The van der Waals surface area contributed by atoms with Crippen LogP contribution in [0.3, 0.4) is 0 Å². The SMILES string of the molecule is Cc1ccc2c(c1)C1(c3cc(C)ccc3N2c2cc3c4ccccc4n4c5ccccc5c(c2)c34)c2ccccc2[Si]2(c3ccccc3-c3ccccc32)c2ccccc21. The van der Waals surface area contributed by atoms with E-state index in [-0.39, 0.29) is 0 Å². The van der Waals surface area contributed by atoms with E-state index < -0.39 is 13.5 Å². The van der Waals surface area contributed by atoms with E-state index in [0.717, 1.165) is 0 Å². The Kier molecular flexibility index (Phi) is 6.16. The Bertz CT molecular complexity index is 3430. The predicted octanol–water partition coefficient (Wildman–Crippen LogP) is 11.3. The lowest BCUT2D eigenvalue weighted by Crippen LogP contribution is -2.78. The van der Waals surface area contributed by atoms with Crippen molar-refractivity contribution in [3.8, 4) is 11.1 Å². The molecular weight excluding hydrogens is 741 g/mol. The van der Waals surface area contributed by atoms with Crippen LogP contribution in [0, 0.1) is 13.8 Å². The molecular formula is C57H38N2Si. The summed E-state index contributed by atoms with van der Waals surface area (Å²) < 4.78 is 2.48. The lowest BCUT2D eigenvalue weighted by atomic mass is 9.61. The van der Waals surface area contributed by atoms with Crippen LogP contribution in [0.15, 0.2) is 194 Å². The van der Waals surface area contributed by atoms with Gasteiger partial charge in [-0.1, -0.05) is 169 Å². The van der Waals surface area contributed by atoms with Crippen LogP contribution >= 0.6 is 0 Å². The third kappa shape index (κ3) is 3.69. The molecule has 0 saturated carbocycles. The third-order valence-corrected chi connectivity index (χ3v) is 19.4. The fourth-order valence-electron chi connectivity index (χ4n) is 12.4. The molecule has 9 aromatic carbocycles. The number of nitrogens with zero attached hydrogens (tertiary/aromatic N) is 2. The molecule has 0 aliphatic carbocycles. The van der Waals surface area contributed by atoms with E-state index in [4.69, 9.17) is 0 Å². The Labute approximate surface area is 349 Å². The quantitative estimate of drug-likeness (QED) is 0.151. The number of benzene rings is 9. The molecule has 0 atom stereocenters. The van der Waals surface area contributed by atoms with Gasteiger partial charge in [0.2, 0.25) is 0 Å². The van der Waals surface area contributed by atoms with Crippen molar-refractivity contribution < 1.29 is 0 Å². The number of rotatable bonds is 1. The van der Waals surface area contributed by atoms with Gasteiger partial charge >= 0.3 is 0 Å². The van der Waals surface area contributed by atoms with Gasteiger partial charge in [-0.15, -0.1) is 0 Å². The van der Waals surface area contributed by atoms with Crippen LogP contribution in [0.25, 0.3) is 49.2 Å². The molecule has 0 amide bonds. The molecule has 60 heavy (non-hydrogen) atoms. The Morgan fingerprint density at radius 1 is 0.383 bits per heavy atom. The summed E-state index contributed by atoms with van der Waals surface area (Å²) >= 11 is 0. The minimum Gasteiger partial charge on any atom is -0.310 e. The number of fused-ring (bicyclic) bond motifs is 21. The average molecular weight is 779 g/mol. The van der Waals surface area contributed by atoms with Gasteiger partial charge in [-0.2, -0.15) is 0 Å². The lowest BCUT2D eigenvalue weighted by Gasteiger charge is -2.53. The zero-order chi connectivity index (χ0) is 39.5. The van der Waals surface area contributed by atoms with Gasteiger partial charge < -0.3 is 9.30 Å². The van der Waals surface area contributed by atoms with Crippen molar-refractivity contribution in [3.05, 3.63) is 228 Å². The molecule has 0 unspecified atom stereocenters. The number of aromatic nitrogens is 1. The molecule has 11 aromatic rings. The van der Waals surface area contributed by atoms with Crippen molar-refractivity contribution in [2.45, 2.75) is 19.3 Å². The van der Waals surface area contributed by atoms with Gasteiger partial charge in [-0.3, -0.25) is 0 Å². The fourth-order valence-corrected chi connectivity index (χ4v) is 18.1. The normalized spacial score (nSPS) is 15.1. The zero-order valence-electron chi connectivity index (χ0n) is 33.4. The fraction of sp³-hybridized carbons (Fsp3) is 0.0526. The van der Waals surface area contributed by atoms with Crippen LogP contribution in [0.4, 0.5) is 17.1 Å². The van der Waals surface area contributed by atoms with Crippen LogP contribution in [0.5, 0.6) is 0 Å². The van der Waals surface area contributed by atoms with Crippen molar-refractivity contribution in [1.82, 2.24) is 4.40 Å². The molecule has 14 rings (SSSR count). The van der Waals surface area contributed by atoms with Gasteiger partial charge in [0, 0.05) is 27.2 Å². The van der Waals surface area contributed by atoms with Gasteiger partial charge in [0.1, 0.15) is 0 Å². The molecule has 3 heteroatoms. The number of aryl methyl sites for hydroxylation is 2. The summed E-state index contributed by atoms with van der Waals surface area (Å²) in [4.78, 5) is 2.59. The van der Waals surface area contributed by atoms with Crippen molar-refractivity contribution in [2.24, 2.45) is 0 Å². The minimum atomic E-state index is -2.77. The Balaban J connectivity index is 1.13. The second-order valence-corrected chi connectivity index (χ2v) is 21.0. The molecule has 3 aliphatic rings. The molecule has 0 radical (unpaired) electrons. The lowest BCUT2D eigenvalue weighted by molar-refractivity contribution is 0.734. The zero-order valence-corrected chi connectivity index (χ0v) is 34.4. The van der Waals surface area contributed by atoms with Crippen molar-refractivity contribution >= 4 is 84.0 Å². The average Bonchev–Trinajstić information content (AvgIpc) is 3.92. The molecule has 0 saturated heterocycles.